The number of unbranched alkanes of at least 4 members (excludes halogenated alkanes) is 13. The number of aryl methyl sites for hydroxylation is 2. The molecule has 1 aromatic rings. The number of hydrogen-bond donors (Lipinski definition) is 0. The number of hydrogen-bond acceptors (Lipinski definition) is 3. The molecule has 0 spiro atoms. The van der Waals surface area contributed by atoms with Gasteiger partial charge < -0.3 is 13.3 Å². The SMILES string of the molecule is CCCCCCCCCCCCCCCCn1cc[n+](CCC[Si](OCC)(OCC)OCC)c1. The molecule has 1 heterocycles. The summed E-state index contributed by atoms with van der Waals surface area (Å²) in [7, 11) is -2.52. The third-order valence-electron chi connectivity index (χ3n) is 6.51. The van der Waals surface area contributed by atoms with Crippen molar-refractivity contribution in [2.24, 2.45) is 0 Å². The maximum Gasteiger partial charge on any atom is 0.501 e. The van der Waals surface area contributed by atoms with Gasteiger partial charge in [0.25, 0.3) is 0 Å². The highest BCUT2D eigenvalue weighted by atomic mass is 28.4. The molecule has 1 rings (SSSR count). The molecule has 0 aliphatic carbocycles. The van der Waals surface area contributed by atoms with Crippen LogP contribution < -0.4 is 4.57 Å². The third-order valence-corrected chi connectivity index (χ3v) is 9.66. The lowest BCUT2D eigenvalue weighted by molar-refractivity contribution is -0.696. The number of rotatable bonds is 25. The Hall–Kier alpha value is -0.693. The zero-order valence-electron chi connectivity index (χ0n) is 23.2. The van der Waals surface area contributed by atoms with Gasteiger partial charge in [0.05, 0.1) is 13.1 Å². The zero-order valence-corrected chi connectivity index (χ0v) is 24.2. The van der Waals surface area contributed by atoms with E-state index >= 15 is 0 Å². The van der Waals surface area contributed by atoms with Gasteiger partial charge in [-0.1, -0.05) is 84.0 Å². The van der Waals surface area contributed by atoms with E-state index in [1.165, 1.54) is 89.9 Å². The summed E-state index contributed by atoms with van der Waals surface area (Å²) in [5, 5.41) is 0. The highest BCUT2D eigenvalue weighted by molar-refractivity contribution is 6.60. The second-order valence-electron chi connectivity index (χ2n) is 9.57. The average molecular weight is 498 g/mol. The van der Waals surface area contributed by atoms with E-state index < -0.39 is 8.80 Å². The minimum atomic E-state index is -2.52. The molecule has 0 amide bonds. The Labute approximate surface area is 212 Å². The van der Waals surface area contributed by atoms with Gasteiger partial charge in [0, 0.05) is 25.9 Å². The zero-order chi connectivity index (χ0) is 24.7. The van der Waals surface area contributed by atoms with Gasteiger partial charge >= 0.3 is 8.80 Å². The summed E-state index contributed by atoms with van der Waals surface area (Å²) in [5.74, 6) is 0. The summed E-state index contributed by atoms with van der Waals surface area (Å²) in [6.45, 7) is 12.4. The average Bonchev–Trinajstić information content (AvgIpc) is 3.27. The molecule has 0 saturated heterocycles. The van der Waals surface area contributed by atoms with Crippen molar-refractivity contribution in [3.63, 3.8) is 0 Å². The first-order valence-corrected chi connectivity index (χ1v) is 16.6. The largest absolute Gasteiger partial charge is 0.501 e. The first-order chi connectivity index (χ1) is 16.7. The van der Waals surface area contributed by atoms with Crippen LogP contribution in [0.25, 0.3) is 0 Å². The van der Waals surface area contributed by atoms with Crippen LogP contribution in [-0.4, -0.2) is 33.2 Å². The van der Waals surface area contributed by atoms with E-state index in [9.17, 15) is 0 Å². The standard InChI is InChI=1S/C28H57N2O3Si/c1-5-9-10-11-12-13-14-15-16-17-18-19-20-21-23-29-25-26-30(28-29)24-22-27-34(31-6-2,32-7-3)33-8-4/h25-26,28H,5-24,27H2,1-4H3/q+1. The molecule has 0 aromatic carbocycles. The fourth-order valence-corrected chi connectivity index (χ4v) is 7.27. The first kappa shape index (κ1) is 31.3. The van der Waals surface area contributed by atoms with Crippen molar-refractivity contribution in [2.45, 2.75) is 143 Å². The molecule has 0 radical (unpaired) electrons. The molecule has 0 aliphatic heterocycles. The van der Waals surface area contributed by atoms with Gasteiger partial charge in [-0.3, -0.25) is 0 Å². The van der Waals surface area contributed by atoms with E-state index in [4.69, 9.17) is 13.3 Å². The van der Waals surface area contributed by atoms with Crippen molar-refractivity contribution in [3.8, 4) is 0 Å². The second-order valence-corrected chi connectivity index (χ2v) is 12.3. The van der Waals surface area contributed by atoms with Crippen LogP contribution in [0.2, 0.25) is 6.04 Å². The van der Waals surface area contributed by atoms with Crippen LogP contribution in [0.5, 0.6) is 0 Å². The summed E-state index contributed by atoms with van der Waals surface area (Å²) in [6, 6.07) is 0.875. The van der Waals surface area contributed by atoms with Crippen LogP contribution in [-0.2, 0) is 26.4 Å². The molecule has 1 aromatic heterocycles. The van der Waals surface area contributed by atoms with E-state index in [0.717, 1.165) is 25.6 Å². The lowest BCUT2D eigenvalue weighted by atomic mass is 10.0. The van der Waals surface area contributed by atoms with Crippen molar-refractivity contribution in [3.05, 3.63) is 18.7 Å². The Morgan fingerprint density at radius 1 is 0.618 bits per heavy atom. The van der Waals surface area contributed by atoms with Crippen LogP contribution >= 0.6 is 0 Å². The van der Waals surface area contributed by atoms with Crippen LogP contribution in [0.4, 0.5) is 0 Å². The Morgan fingerprint density at radius 2 is 1.09 bits per heavy atom. The predicted molar refractivity (Wildman–Crippen MR) is 145 cm³/mol. The van der Waals surface area contributed by atoms with Gasteiger partial charge in [-0.15, -0.1) is 0 Å². The topological polar surface area (TPSA) is 36.5 Å². The van der Waals surface area contributed by atoms with Gasteiger partial charge in [0.2, 0.25) is 6.33 Å². The Bertz CT molecular complexity index is 551. The van der Waals surface area contributed by atoms with E-state index in [-0.39, 0.29) is 0 Å². The summed E-state index contributed by atoms with van der Waals surface area (Å²) < 4.78 is 22.5. The lowest BCUT2D eigenvalue weighted by Gasteiger charge is -2.28. The molecular weight excluding hydrogens is 440 g/mol. The molecule has 0 fully saturated rings. The first-order valence-electron chi connectivity index (χ1n) is 14.7. The van der Waals surface area contributed by atoms with Gasteiger partial charge in [-0.05, 0) is 40.0 Å². The Balaban J connectivity index is 2.06. The second kappa shape index (κ2) is 21.6. The van der Waals surface area contributed by atoms with Crippen molar-refractivity contribution >= 4 is 8.80 Å². The summed E-state index contributed by atoms with van der Waals surface area (Å²) in [5.41, 5.74) is 0. The van der Waals surface area contributed by atoms with Crippen LogP contribution in [0.3, 0.4) is 0 Å². The Morgan fingerprint density at radius 3 is 1.56 bits per heavy atom. The Kier molecular flexibility index (Phi) is 19.9. The summed E-state index contributed by atoms with van der Waals surface area (Å²) in [4.78, 5) is 0. The molecule has 0 unspecified atom stereocenters. The minimum absolute atomic E-state index is 0.648. The van der Waals surface area contributed by atoms with Crippen molar-refractivity contribution in [2.75, 3.05) is 19.8 Å². The monoisotopic (exact) mass is 497 g/mol. The van der Waals surface area contributed by atoms with Crippen LogP contribution in [0, 0.1) is 0 Å². The van der Waals surface area contributed by atoms with Crippen molar-refractivity contribution in [1.29, 1.82) is 0 Å². The minimum Gasteiger partial charge on any atom is -0.374 e. The summed E-state index contributed by atoms with van der Waals surface area (Å²) >= 11 is 0. The number of aromatic nitrogens is 2. The van der Waals surface area contributed by atoms with E-state index in [0.29, 0.717) is 19.8 Å². The van der Waals surface area contributed by atoms with Crippen LogP contribution in [0.1, 0.15) is 124 Å². The third kappa shape index (κ3) is 15.3. The highest BCUT2D eigenvalue weighted by Gasteiger charge is 2.39. The quantitative estimate of drug-likeness (QED) is 0.0789. The molecule has 5 nitrogen and oxygen atoms in total. The fourth-order valence-electron chi connectivity index (χ4n) is 4.67. The molecule has 0 N–H and O–H groups in total. The van der Waals surface area contributed by atoms with Crippen molar-refractivity contribution < 1.29 is 17.8 Å². The molecular formula is C28H57N2O3Si+. The lowest BCUT2D eigenvalue weighted by Crippen LogP contribution is -2.46. The van der Waals surface area contributed by atoms with Gasteiger partial charge in [0.15, 0.2) is 0 Å². The number of imidazole rings is 1. The highest BCUT2D eigenvalue weighted by Crippen LogP contribution is 2.18. The molecule has 0 saturated carbocycles. The summed E-state index contributed by atoms with van der Waals surface area (Å²) in [6.07, 6.45) is 27.4. The fraction of sp³-hybridized carbons (Fsp3) is 0.893. The smallest absolute Gasteiger partial charge is 0.374 e. The van der Waals surface area contributed by atoms with Crippen molar-refractivity contribution in [1.82, 2.24) is 4.57 Å². The molecule has 200 valence electrons. The molecule has 0 bridgehead atoms. The van der Waals surface area contributed by atoms with Crippen LogP contribution in [0.15, 0.2) is 18.7 Å². The van der Waals surface area contributed by atoms with E-state index in [1.54, 1.807) is 0 Å². The predicted octanol–water partition coefficient (Wildman–Crippen LogP) is 7.70. The van der Waals surface area contributed by atoms with E-state index in [1.807, 2.05) is 20.8 Å². The van der Waals surface area contributed by atoms with E-state index in [2.05, 4.69) is 34.8 Å². The van der Waals surface area contributed by atoms with Gasteiger partial charge in [0.1, 0.15) is 12.4 Å². The maximum absolute atomic E-state index is 5.97. The molecule has 0 aliphatic rings. The number of nitrogens with zero attached hydrogens (tertiary/aromatic N) is 2. The maximum atomic E-state index is 5.97. The van der Waals surface area contributed by atoms with Gasteiger partial charge in [-0.2, -0.15) is 0 Å². The molecule has 6 heteroatoms. The normalized spacial score (nSPS) is 12.0. The van der Waals surface area contributed by atoms with Gasteiger partial charge in [-0.25, -0.2) is 9.13 Å². The molecule has 0 atom stereocenters. The molecule has 34 heavy (non-hydrogen) atoms.